The number of piperidine rings is 1. The second-order valence-electron chi connectivity index (χ2n) is 5.95. The third-order valence-corrected chi connectivity index (χ3v) is 4.67. The van der Waals surface area contributed by atoms with Crippen molar-refractivity contribution in [3.63, 3.8) is 0 Å². The number of nitrogens with zero attached hydrogens (tertiary/aromatic N) is 3. The molecule has 0 aliphatic carbocycles. The average molecular weight is 340 g/mol. The van der Waals surface area contributed by atoms with Gasteiger partial charge in [-0.2, -0.15) is 5.26 Å². The van der Waals surface area contributed by atoms with Crippen molar-refractivity contribution < 1.29 is 4.79 Å². The van der Waals surface area contributed by atoms with E-state index in [0.717, 1.165) is 24.8 Å². The fraction of sp³-hybridized carbons (Fsp3) is 0.316. The summed E-state index contributed by atoms with van der Waals surface area (Å²) in [6.07, 6.45) is 4.34. The van der Waals surface area contributed by atoms with Gasteiger partial charge in [-0.1, -0.05) is 41.9 Å². The fourth-order valence-corrected chi connectivity index (χ4v) is 3.47. The Kier molecular flexibility index (Phi) is 5.12. The summed E-state index contributed by atoms with van der Waals surface area (Å²) in [6.45, 7) is 0.661. The summed E-state index contributed by atoms with van der Waals surface area (Å²) in [7, 11) is 0. The molecule has 1 aliphatic rings. The van der Waals surface area contributed by atoms with Crippen molar-refractivity contribution in [3.05, 3.63) is 64.9 Å². The van der Waals surface area contributed by atoms with Crippen molar-refractivity contribution >= 4 is 17.5 Å². The molecule has 2 atom stereocenters. The predicted molar refractivity (Wildman–Crippen MR) is 92.7 cm³/mol. The van der Waals surface area contributed by atoms with Crippen molar-refractivity contribution in [2.75, 3.05) is 6.54 Å². The quantitative estimate of drug-likeness (QED) is 0.793. The molecule has 1 aliphatic heterocycles. The van der Waals surface area contributed by atoms with Crippen LogP contribution in [0.5, 0.6) is 0 Å². The minimum Gasteiger partial charge on any atom is -0.334 e. The van der Waals surface area contributed by atoms with E-state index in [4.69, 9.17) is 11.6 Å². The van der Waals surface area contributed by atoms with Crippen LogP contribution in [0, 0.1) is 11.3 Å². The summed E-state index contributed by atoms with van der Waals surface area (Å²) in [5, 5.41) is 10.0. The minimum absolute atomic E-state index is 0.0832. The van der Waals surface area contributed by atoms with E-state index in [2.05, 4.69) is 11.1 Å². The Morgan fingerprint density at radius 3 is 2.79 bits per heavy atom. The van der Waals surface area contributed by atoms with Crippen LogP contribution >= 0.6 is 11.6 Å². The van der Waals surface area contributed by atoms with Crippen LogP contribution in [0.3, 0.4) is 0 Å². The molecular weight excluding hydrogens is 322 g/mol. The number of hydrogen-bond donors (Lipinski definition) is 0. The molecule has 2 aromatic rings. The molecule has 4 nitrogen and oxygen atoms in total. The third-order valence-electron chi connectivity index (χ3n) is 4.47. The summed E-state index contributed by atoms with van der Waals surface area (Å²) in [6, 6.07) is 15.2. The number of carbonyl (C=O) groups excluding carboxylic acids is 1. The van der Waals surface area contributed by atoms with E-state index in [-0.39, 0.29) is 17.9 Å². The van der Waals surface area contributed by atoms with Gasteiger partial charge in [-0.15, -0.1) is 0 Å². The Bertz CT molecular complexity index is 757. The van der Waals surface area contributed by atoms with Gasteiger partial charge in [0.1, 0.15) is 5.15 Å². The Labute approximate surface area is 146 Å². The molecule has 24 heavy (non-hydrogen) atoms. The van der Waals surface area contributed by atoms with Crippen LogP contribution in [0.2, 0.25) is 5.15 Å². The number of halogens is 1. The largest absolute Gasteiger partial charge is 0.334 e. The first-order chi connectivity index (χ1) is 11.7. The van der Waals surface area contributed by atoms with Crippen molar-refractivity contribution in [2.45, 2.75) is 31.2 Å². The molecule has 0 spiro atoms. The van der Waals surface area contributed by atoms with Gasteiger partial charge in [-0.05, 0) is 37.0 Å². The number of benzene rings is 1. The van der Waals surface area contributed by atoms with Crippen LogP contribution in [-0.2, 0) is 0 Å². The monoisotopic (exact) mass is 339 g/mol. The van der Waals surface area contributed by atoms with Crippen LogP contribution in [-0.4, -0.2) is 28.4 Å². The fourth-order valence-electron chi connectivity index (χ4n) is 3.30. The zero-order valence-corrected chi connectivity index (χ0v) is 14.0. The molecular formula is C19H18ClN3O. The summed E-state index contributed by atoms with van der Waals surface area (Å²) >= 11 is 5.92. The number of amides is 1. The van der Waals surface area contributed by atoms with E-state index < -0.39 is 0 Å². The Morgan fingerprint density at radius 1 is 1.29 bits per heavy atom. The van der Waals surface area contributed by atoms with Gasteiger partial charge in [0.05, 0.1) is 18.0 Å². The smallest absolute Gasteiger partial charge is 0.254 e. The second kappa shape index (κ2) is 7.46. The van der Waals surface area contributed by atoms with Gasteiger partial charge in [0.2, 0.25) is 0 Å². The van der Waals surface area contributed by atoms with Crippen molar-refractivity contribution in [1.29, 1.82) is 5.26 Å². The lowest BCUT2D eigenvalue weighted by Gasteiger charge is -2.38. The highest BCUT2D eigenvalue weighted by Crippen LogP contribution is 2.31. The van der Waals surface area contributed by atoms with E-state index in [9.17, 15) is 10.1 Å². The molecule has 1 aromatic carbocycles. The van der Waals surface area contributed by atoms with Crippen LogP contribution in [0.15, 0.2) is 48.7 Å². The predicted octanol–water partition coefficient (Wildman–Crippen LogP) is 4.04. The van der Waals surface area contributed by atoms with Gasteiger partial charge in [0.25, 0.3) is 5.91 Å². The van der Waals surface area contributed by atoms with Gasteiger partial charge >= 0.3 is 0 Å². The zero-order chi connectivity index (χ0) is 16.9. The van der Waals surface area contributed by atoms with Crippen LogP contribution in [0.25, 0.3) is 0 Å². The molecule has 0 bridgehead atoms. The summed E-state index contributed by atoms with van der Waals surface area (Å²) in [4.78, 5) is 18.7. The third kappa shape index (κ3) is 3.42. The van der Waals surface area contributed by atoms with E-state index >= 15 is 0 Å². The van der Waals surface area contributed by atoms with Gasteiger partial charge in [-0.25, -0.2) is 4.98 Å². The van der Waals surface area contributed by atoms with Gasteiger partial charge < -0.3 is 4.90 Å². The van der Waals surface area contributed by atoms with E-state index in [0.29, 0.717) is 17.3 Å². The first kappa shape index (κ1) is 16.5. The molecule has 122 valence electrons. The number of nitriles is 1. The number of pyridine rings is 1. The minimum atomic E-state index is -0.326. The van der Waals surface area contributed by atoms with E-state index in [1.165, 1.54) is 6.20 Å². The lowest BCUT2D eigenvalue weighted by Crippen LogP contribution is -2.46. The summed E-state index contributed by atoms with van der Waals surface area (Å²) < 4.78 is 0. The van der Waals surface area contributed by atoms with Crippen molar-refractivity contribution in [1.82, 2.24) is 9.88 Å². The molecule has 5 heteroatoms. The lowest BCUT2D eigenvalue weighted by molar-refractivity contribution is 0.0596. The van der Waals surface area contributed by atoms with Crippen LogP contribution in [0.4, 0.5) is 0 Å². The molecule has 2 unspecified atom stereocenters. The molecule has 0 radical (unpaired) electrons. The van der Waals surface area contributed by atoms with E-state index in [1.54, 1.807) is 12.1 Å². The van der Waals surface area contributed by atoms with Crippen LogP contribution in [0.1, 0.15) is 41.1 Å². The topological polar surface area (TPSA) is 57.0 Å². The highest BCUT2D eigenvalue weighted by molar-refractivity contribution is 6.29. The molecule has 2 heterocycles. The normalized spacial score (nSPS) is 18.7. The molecule has 0 N–H and O–H groups in total. The van der Waals surface area contributed by atoms with Crippen LogP contribution < -0.4 is 0 Å². The van der Waals surface area contributed by atoms with Crippen molar-refractivity contribution in [3.8, 4) is 6.07 Å². The average Bonchev–Trinajstić information content (AvgIpc) is 2.63. The number of aromatic nitrogens is 1. The SMILES string of the molecule is N#CC(c1ccccc1)C1CCCCN1C(=O)c1ccnc(Cl)c1. The van der Waals surface area contributed by atoms with Gasteiger partial charge in [-0.3, -0.25) is 4.79 Å². The molecule has 1 fully saturated rings. The van der Waals surface area contributed by atoms with Gasteiger partial charge in [0.15, 0.2) is 0 Å². The maximum absolute atomic E-state index is 12.9. The maximum Gasteiger partial charge on any atom is 0.254 e. The first-order valence-electron chi connectivity index (χ1n) is 8.08. The molecule has 1 saturated heterocycles. The summed E-state index contributed by atoms with van der Waals surface area (Å²) in [5.41, 5.74) is 1.48. The highest BCUT2D eigenvalue weighted by Gasteiger charge is 2.34. The number of rotatable bonds is 3. The van der Waals surface area contributed by atoms with E-state index in [1.807, 2.05) is 35.2 Å². The van der Waals surface area contributed by atoms with Crippen molar-refractivity contribution in [2.24, 2.45) is 0 Å². The lowest BCUT2D eigenvalue weighted by atomic mass is 9.86. The zero-order valence-electron chi connectivity index (χ0n) is 13.2. The number of carbonyl (C=O) groups is 1. The summed E-state index contributed by atoms with van der Waals surface area (Å²) in [5.74, 6) is -0.409. The second-order valence-corrected chi connectivity index (χ2v) is 6.33. The molecule has 1 aromatic heterocycles. The van der Waals surface area contributed by atoms with Gasteiger partial charge in [0, 0.05) is 18.3 Å². The number of hydrogen-bond acceptors (Lipinski definition) is 3. The standard InChI is InChI=1S/C19H18ClN3O/c20-18-12-15(9-10-22-18)19(24)23-11-5-4-8-17(23)16(13-21)14-6-2-1-3-7-14/h1-3,6-7,9-10,12,16-17H,4-5,8,11H2. The molecule has 1 amide bonds. The number of likely N-dealkylation sites (tertiary alicyclic amines) is 1. The Balaban J connectivity index is 1.91. The maximum atomic E-state index is 12.9. The molecule has 0 saturated carbocycles. The highest BCUT2D eigenvalue weighted by atomic mass is 35.5. The first-order valence-corrected chi connectivity index (χ1v) is 8.45. The Morgan fingerprint density at radius 2 is 2.08 bits per heavy atom. The molecule has 3 rings (SSSR count). The Hall–Kier alpha value is -2.38.